The molecule has 1 aliphatic heterocycles. The third-order valence-corrected chi connectivity index (χ3v) is 4.48. The molecule has 3 nitrogen and oxygen atoms in total. The fourth-order valence-electron chi connectivity index (χ4n) is 3.11. The summed E-state index contributed by atoms with van der Waals surface area (Å²) >= 11 is 0. The highest BCUT2D eigenvalue weighted by molar-refractivity contribution is 5.78. The highest BCUT2D eigenvalue weighted by Gasteiger charge is 2.24. The molecule has 2 rings (SSSR count). The normalized spacial score (nSPS) is 31.1. The summed E-state index contributed by atoms with van der Waals surface area (Å²) in [5.74, 6) is 1.98. The standard InChI is InChI=1S/C14H26N2O/c1-11-9-15-8-7-13(11)10-16-14(17)12-5-3-2-4-6-12/h11-13,15H,2-10H2,1H3,(H,16,17). The quantitative estimate of drug-likeness (QED) is 0.789. The van der Waals surface area contributed by atoms with E-state index in [1.54, 1.807) is 0 Å². The molecule has 1 heterocycles. The van der Waals surface area contributed by atoms with Gasteiger partial charge in [-0.1, -0.05) is 26.2 Å². The third-order valence-electron chi connectivity index (χ3n) is 4.48. The molecule has 1 saturated carbocycles. The van der Waals surface area contributed by atoms with E-state index in [2.05, 4.69) is 17.6 Å². The fourth-order valence-corrected chi connectivity index (χ4v) is 3.11. The van der Waals surface area contributed by atoms with Crippen LogP contribution in [0.5, 0.6) is 0 Å². The summed E-state index contributed by atoms with van der Waals surface area (Å²) in [5, 5.41) is 6.59. The van der Waals surface area contributed by atoms with Crippen molar-refractivity contribution in [3.05, 3.63) is 0 Å². The Kier molecular flexibility index (Phi) is 4.84. The second kappa shape index (κ2) is 6.39. The van der Waals surface area contributed by atoms with Gasteiger partial charge in [0.2, 0.25) is 5.91 Å². The van der Waals surface area contributed by atoms with Gasteiger partial charge in [-0.25, -0.2) is 0 Å². The maximum absolute atomic E-state index is 12.0. The molecule has 0 aromatic heterocycles. The van der Waals surface area contributed by atoms with E-state index >= 15 is 0 Å². The molecule has 2 N–H and O–H groups in total. The second-order valence-electron chi connectivity index (χ2n) is 5.81. The highest BCUT2D eigenvalue weighted by Crippen LogP contribution is 2.24. The zero-order chi connectivity index (χ0) is 12.1. The van der Waals surface area contributed by atoms with E-state index in [-0.39, 0.29) is 0 Å². The molecular weight excluding hydrogens is 212 g/mol. The summed E-state index contributed by atoms with van der Waals surface area (Å²) < 4.78 is 0. The van der Waals surface area contributed by atoms with Gasteiger partial charge < -0.3 is 10.6 Å². The van der Waals surface area contributed by atoms with Crippen molar-refractivity contribution in [3.63, 3.8) is 0 Å². The van der Waals surface area contributed by atoms with Crippen LogP contribution in [0.1, 0.15) is 45.4 Å². The molecule has 0 radical (unpaired) electrons. The SMILES string of the molecule is CC1CNCCC1CNC(=O)C1CCCCC1. The predicted molar refractivity (Wildman–Crippen MR) is 69.7 cm³/mol. The van der Waals surface area contributed by atoms with Crippen LogP contribution >= 0.6 is 0 Å². The number of carbonyl (C=O) groups is 1. The van der Waals surface area contributed by atoms with Crippen LogP contribution in [0.4, 0.5) is 0 Å². The molecule has 0 spiro atoms. The molecule has 17 heavy (non-hydrogen) atoms. The van der Waals surface area contributed by atoms with Crippen LogP contribution in [-0.4, -0.2) is 25.5 Å². The van der Waals surface area contributed by atoms with Crippen molar-refractivity contribution >= 4 is 5.91 Å². The summed E-state index contributed by atoms with van der Waals surface area (Å²) in [4.78, 5) is 12.0. The average Bonchev–Trinajstić information content (AvgIpc) is 2.38. The number of hydrogen-bond donors (Lipinski definition) is 2. The number of carbonyl (C=O) groups excluding carboxylic acids is 1. The topological polar surface area (TPSA) is 41.1 Å². The number of hydrogen-bond acceptors (Lipinski definition) is 2. The van der Waals surface area contributed by atoms with Crippen molar-refractivity contribution in [3.8, 4) is 0 Å². The van der Waals surface area contributed by atoms with Crippen LogP contribution in [-0.2, 0) is 4.79 Å². The molecule has 0 aromatic rings. The maximum Gasteiger partial charge on any atom is 0.223 e. The van der Waals surface area contributed by atoms with E-state index in [1.807, 2.05) is 0 Å². The Balaban J connectivity index is 1.71. The first kappa shape index (κ1) is 12.9. The summed E-state index contributed by atoms with van der Waals surface area (Å²) in [7, 11) is 0. The minimum atomic E-state index is 0.306. The fraction of sp³-hybridized carbons (Fsp3) is 0.929. The predicted octanol–water partition coefficient (Wildman–Crippen LogP) is 1.93. The van der Waals surface area contributed by atoms with Crippen molar-refractivity contribution in [1.29, 1.82) is 0 Å². The summed E-state index contributed by atoms with van der Waals surface area (Å²) in [5.41, 5.74) is 0. The molecule has 2 fully saturated rings. The van der Waals surface area contributed by atoms with Crippen molar-refractivity contribution in [2.24, 2.45) is 17.8 Å². The van der Waals surface area contributed by atoms with Crippen molar-refractivity contribution < 1.29 is 4.79 Å². The first-order chi connectivity index (χ1) is 8.27. The molecule has 2 aliphatic rings. The molecular formula is C14H26N2O. The van der Waals surface area contributed by atoms with Crippen LogP contribution in [0, 0.1) is 17.8 Å². The Morgan fingerprint density at radius 2 is 2.00 bits per heavy atom. The van der Waals surface area contributed by atoms with Gasteiger partial charge in [0, 0.05) is 12.5 Å². The summed E-state index contributed by atoms with van der Waals surface area (Å²) in [6.07, 6.45) is 7.20. The monoisotopic (exact) mass is 238 g/mol. The molecule has 0 aromatic carbocycles. The van der Waals surface area contributed by atoms with Crippen LogP contribution < -0.4 is 10.6 Å². The zero-order valence-corrected chi connectivity index (χ0v) is 11.0. The largest absolute Gasteiger partial charge is 0.356 e. The van der Waals surface area contributed by atoms with Crippen LogP contribution in [0.3, 0.4) is 0 Å². The molecule has 0 bridgehead atoms. The van der Waals surface area contributed by atoms with Gasteiger partial charge in [0.1, 0.15) is 0 Å². The van der Waals surface area contributed by atoms with Gasteiger partial charge >= 0.3 is 0 Å². The van der Waals surface area contributed by atoms with Gasteiger partial charge in [-0.3, -0.25) is 4.79 Å². The van der Waals surface area contributed by atoms with Gasteiger partial charge in [0.15, 0.2) is 0 Å². The molecule has 3 heteroatoms. The van der Waals surface area contributed by atoms with E-state index in [4.69, 9.17) is 0 Å². The highest BCUT2D eigenvalue weighted by atomic mass is 16.1. The molecule has 98 valence electrons. The lowest BCUT2D eigenvalue weighted by atomic mass is 9.86. The Labute approximate surface area is 105 Å². The molecule has 1 aliphatic carbocycles. The van der Waals surface area contributed by atoms with Crippen LogP contribution in [0.15, 0.2) is 0 Å². The maximum atomic E-state index is 12.0. The van der Waals surface area contributed by atoms with Crippen molar-refractivity contribution in [1.82, 2.24) is 10.6 Å². The Morgan fingerprint density at radius 1 is 1.24 bits per heavy atom. The molecule has 2 unspecified atom stereocenters. The van der Waals surface area contributed by atoms with Crippen molar-refractivity contribution in [2.45, 2.75) is 45.4 Å². The Bertz CT molecular complexity index is 249. The van der Waals surface area contributed by atoms with E-state index in [9.17, 15) is 4.79 Å². The minimum Gasteiger partial charge on any atom is -0.356 e. The summed E-state index contributed by atoms with van der Waals surface area (Å²) in [6, 6.07) is 0. The lowest BCUT2D eigenvalue weighted by Crippen LogP contribution is -2.42. The Hall–Kier alpha value is -0.570. The third kappa shape index (κ3) is 3.70. The van der Waals surface area contributed by atoms with Gasteiger partial charge in [-0.05, 0) is 44.2 Å². The van der Waals surface area contributed by atoms with Crippen molar-refractivity contribution in [2.75, 3.05) is 19.6 Å². The molecule has 1 saturated heterocycles. The van der Waals surface area contributed by atoms with E-state index in [0.29, 0.717) is 23.7 Å². The van der Waals surface area contributed by atoms with Gasteiger partial charge in [0.25, 0.3) is 0 Å². The van der Waals surface area contributed by atoms with Gasteiger partial charge in [-0.15, -0.1) is 0 Å². The summed E-state index contributed by atoms with van der Waals surface area (Å²) in [6.45, 7) is 5.38. The van der Waals surface area contributed by atoms with Gasteiger partial charge in [-0.2, -0.15) is 0 Å². The van der Waals surface area contributed by atoms with Gasteiger partial charge in [0.05, 0.1) is 0 Å². The van der Waals surface area contributed by atoms with E-state index in [0.717, 1.165) is 32.5 Å². The van der Waals surface area contributed by atoms with E-state index < -0.39 is 0 Å². The van der Waals surface area contributed by atoms with E-state index in [1.165, 1.54) is 25.7 Å². The lowest BCUT2D eigenvalue weighted by molar-refractivity contribution is -0.126. The first-order valence-electron chi connectivity index (χ1n) is 7.26. The Morgan fingerprint density at radius 3 is 2.71 bits per heavy atom. The number of nitrogens with one attached hydrogen (secondary N) is 2. The van der Waals surface area contributed by atoms with Crippen LogP contribution in [0.2, 0.25) is 0 Å². The number of rotatable bonds is 3. The van der Waals surface area contributed by atoms with Crippen LogP contribution in [0.25, 0.3) is 0 Å². The second-order valence-corrected chi connectivity index (χ2v) is 5.81. The first-order valence-corrected chi connectivity index (χ1v) is 7.26. The zero-order valence-electron chi connectivity index (χ0n) is 11.0. The number of amides is 1. The average molecular weight is 238 g/mol. The minimum absolute atomic E-state index is 0.306. The lowest BCUT2D eigenvalue weighted by Gasteiger charge is -2.30. The number of piperidine rings is 1. The smallest absolute Gasteiger partial charge is 0.223 e. The molecule has 1 amide bonds. The molecule has 2 atom stereocenters.